The number of hydrogen-bond donors (Lipinski definition) is 2. The highest BCUT2D eigenvalue weighted by molar-refractivity contribution is 9.12. The molecule has 0 bridgehead atoms. The minimum absolute atomic E-state index is 0.0719. The molecule has 0 fully saturated rings. The zero-order chi connectivity index (χ0) is 12.9. The van der Waals surface area contributed by atoms with Crippen molar-refractivity contribution in [2.24, 2.45) is 0 Å². The van der Waals surface area contributed by atoms with Crippen molar-refractivity contribution in [2.45, 2.75) is 13.3 Å². The molecule has 0 saturated heterocycles. The Morgan fingerprint density at radius 2 is 2.39 bits per heavy atom. The highest BCUT2D eigenvalue weighted by Gasteiger charge is 2.22. The van der Waals surface area contributed by atoms with E-state index in [4.69, 9.17) is 5.73 Å². The number of fused-ring (bicyclic) bond motifs is 2. The van der Waals surface area contributed by atoms with Crippen LogP contribution in [-0.2, 0) is 4.79 Å². The van der Waals surface area contributed by atoms with E-state index < -0.39 is 0 Å². The summed E-state index contributed by atoms with van der Waals surface area (Å²) >= 11 is 5.03. The lowest BCUT2D eigenvalue weighted by Gasteiger charge is -2.16. The number of nitrogens with two attached hydrogens (primary N) is 1. The summed E-state index contributed by atoms with van der Waals surface area (Å²) in [4.78, 5) is 15.5. The second kappa shape index (κ2) is 4.07. The van der Waals surface area contributed by atoms with Crippen LogP contribution in [0.2, 0.25) is 0 Å². The largest absolute Gasteiger partial charge is 0.375 e. The monoisotopic (exact) mass is 323 g/mol. The van der Waals surface area contributed by atoms with Gasteiger partial charge in [-0.1, -0.05) is 17.4 Å². The van der Waals surface area contributed by atoms with Gasteiger partial charge in [-0.2, -0.15) is 0 Å². The Hall–Kier alpha value is -1.40. The summed E-state index contributed by atoms with van der Waals surface area (Å²) < 4.78 is 2.00. The summed E-state index contributed by atoms with van der Waals surface area (Å²) in [6.45, 7) is 1.50. The second-order valence-corrected chi connectivity index (χ2v) is 5.97. The molecule has 1 aromatic heterocycles. The summed E-state index contributed by atoms with van der Waals surface area (Å²) in [5.41, 5.74) is 8.79. The Labute approximate surface area is 116 Å². The van der Waals surface area contributed by atoms with Gasteiger partial charge in [0.25, 0.3) is 0 Å². The molecule has 1 aromatic rings. The van der Waals surface area contributed by atoms with Crippen LogP contribution in [0, 0.1) is 0 Å². The van der Waals surface area contributed by atoms with Gasteiger partial charge in [0.2, 0.25) is 5.91 Å². The molecule has 0 saturated carbocycles. The topological polar surface area (TPSA) is 68.0 Å². The van der Waals surface area contributed by atoms with Crippen LogP contribution >= 0.6 is 27.3 Å². The average Bonchev–Trinajstić information content (AvgIpc) is 2.78. The summed E-state index contributed by atoms with van der Waals surface area (Å²) in [6, 6.07) is 0. The number of aromatic nitrogens is 1. The molecule has 18 heavy (non-hydrogen) atoms. The van der Waals surface area contributed by atoms with Crippen LogP contribution in [0.4, 0.5) is 5.13 Å². The third-order valence-corrected chi connectivity index (χ3v) is 4.54. The van der Waals surface area contributed by atoms with E-state index in [0.29, 0.717) is 5.13 Å². The second-order valence-electron chi connectivity index (χ2n) is 4.12. The fourth-order valence-electron chi connectivity index (χ4n) is 2.15. The summed E-state index contributed by atoms with van der Waals surface area (Å²) in [6.07, 6.45) is 4.81. The van der Waals surface area contributed by atoms with Gasteiger partial charge in [0, 0.05) is 11.4 Å². The molecule has 92 valence electrons. The van der Waals surface area contributed by atoms with Crippen molar-refractivity contribution in [1.82, 2.24) is 10.3 Å². The number of anilines is 1. The van der Waals surface area contributed by atoms with Crippen molar-refractivity contribution in [2.75, 3.05) is 5.73 Å². The maximum Gasteiger partial charge on any atom is 0.221 e. The zero-order valence-electron chi connectivity index (χ0n) is 9.58. The average molecular weight is 324 g/mol. The van der Waals surface area contributed by atoms with Gasteiger partial charge < -0.3 is 11.1 Å². The molecule has 2 aliphatic rings. The lowest BCUT2D eigenvalue weighted by atomic mass is 9.99. The van der Waals surface area contributed by atoms with Crippen LogP contribution in [0.1, 0.15) is 13.3 Å². The Balaban J connectivity index is 2.13. The molecule has 0 aliphatic heterocycles. The molecule has 0 aromatic carbocycles. The Bertz CT molecular complexity index is 742. The van der Waals surface area contributed by atoms with E-state index in [2.05, 4.69) is 32.3 Å². The number of allylic oxidation sites excluding steroid dienone is 3. The quantitative estimate of drug-likeness (QED) is 0.801. The van der Waals surface area contributed by atoms with Crippen molar-refractivity contribution in [1.29, 1.82) is 0 Å². The lowest BCUT2D eigenvalue weighted by molar-refractivity contribution is -0.118. The number of nitrogens with one attached hydrogen (secondary N) is 1. The van der Waals surface area contributed by atoms with Crippen LogP contribution in [0.15, 0.2) is 21.8 Å². The maximum atomic E-state index is 11.1. The third-order valence-electron chi connectivity index (χ3n) is 2.85. The van der Waals surface area contributed by atoms with E-state index in [1.807, 2.05) is 6.08 Å². The normalized spacial score (nSPS) is 17.0. The zero-order valence-corrected chi connectivity index (χ0v) is 12.0. The van der Waals surface area contributed by atoms with Crippen molar-refractivity contribution in [3.8, 4) is 0 Å². The van der Waals surface area contributed by atoms with Crippen molar-refractivity contribution in [3.05, 3.63) is 31.7 Å². The molecule has 4 nitrogen and oxygen atoms in total. The van der Waals surface area contributed by atoms with Crippen molar-refractivity contribution < 1.29 is 4.79 Å². The molecule has 2 aliphatic carbocycles. The van der Waals surface area contributed by atoms with E-state index in [1.54, 1.807) is 0 Å². The Morgan fingerprint density at radius 3 is 3.11 bits per heavy atom. The minimum atomic E-state index is -0.0719. The first kappa shape index (κ1) is 11.7. The number of nitrogens with zero attached hydrogens (tertiary/aromatic N) is 1. The Morgan fingerprint density at radius 1 is 1.61 bits per heavy atom. The highest BCUT2D eigenvalue weighted by Crippen LogP contribution is 2.34. The summed E-state index contributed by atoms with van der Waals surface area (Å²) in [7, 11) is 0. The molecule has 3 rings (SSSR count). The molecule has 0 spiro atoms. The minimum Gasteiger partial charge on any atom is -0.375 e. The maximum absolute atomic E-state index is 11.1. The van der Waals surface area contributed by atoms with Crippen molar-refractivity contribution >= 4 is 50.0 Å². The SMILES string of the molecule is CC(=O)NC1=CCC2=c3nc(N)sc3=CC2=C1Br. The number of halogens is 1. The number of carbonyl (C=O) groups excluding carboxylic acids is 1. The van der Waals surface area contributed by atoms with Crippen LogP contribution in [0.3, 0.4) is 0 Å². The van der Waals surface area contributed by atoms with Crippen LogP contribution < -0.4 is 20.9 Å². The van der Waals surface area contributed by atoms with Gasteiger partial charge in [0.05, 0.1) is 15.6 Å². The van der Waals surface area contributed by atoms with Crippen LogP contribution in [-0.4, -0.2) is 10.9 Å². The fraction of sp³-hybridized carbons (Fsp3) is 0.167. The summed E-state index contributed by atoms with van der Waals surface area (Å²) in [5.74, 6) is -0.0719. The fourth-order valence-corrected chi connectivity index (χ4v) is 3.57. The van der Waals surface area contributed by atoms with E-state index in [0.717, 1.165) is 32.1 Å². The Kier molecular flexibility index (Phi) is 2.64. The first-order valence-corrected chi connectivity index (χ1v) is 7.02. The van der Waals surface area contributed by atoms with Gasteiger partial charge in [0.15, 0.2) is 5.13 Å². The standard InChI is InChI=1S/C12H10BrN3OS/c1-5(17)15-8-3-2-6-7(10(8)13)4-9-11(6)16-12(14)18-9/h3-4H,2H2,1H3,(H2,14,16)(H,15,17). The predicted octanol–water partition coefficient (Wildman–Crippen LogP) is 0.743. The van der Waals surface area contributed by atoms with E-state index in [1.165, 1.54) is 23.8 Å². The van der Waals surface area contributed by atoms with Gasteiger partial charge in [-0.25, -0.2) is 4.98 Å². The molecule has 1 amide bonds. The highest BCUT2D eigenvalue weighted by atomic mass is 79.9. The van der Waals surface area contributed by atoms with Gasteiger partial charge >= 0.3 is 0 Å². The van der Waals surface area contributed by atoms with E-state index in [9.17, 15) is 4.79 Å². The summed E-state index contributed by atoms with van der Waals surface area (Å²) in [5, 5.41) is 4.38. The molecule has 1 heterocycles. The first-order chi connectivity index (χ1) is 8.56. The number of hydrogen-bond acceptors (Lipinski definition) is 4. The molecular formula is C12H10BrN3OS. The number of nitrogen functional groups attached to an aromatic ring is 1. The number of thiazole rings is 1. The molecule has 0 unspecified atom stereocenters. The molecule has 0 radical (unpaired) electrons. The van der Waals surface area contributed by atoms with Crippen LogP contribution in [0.5, 0.6) is 0 Å². The molecule has 0 atom stereocenters. The van der Waals surface area contributed by atoms with E-state index >= 15 is 0 Å². The number of amides is 1. The van der Waals surface area contributed by atoms with Crippen molar-refractivity contribution in [3.63, 3.8) is 0 Å². The number of rotatable bonds is 1. The lowest BCUT2D eigenvalue weighted by Crippen LogP contribution is -2.23. The van der Waals surface area contributed by atoms with Gasteiger partial charge in [-0.3, -0.25) is 4.79 Å². The molecule has 6 heteroatoms. The first-order valence-electron chi connectivity index (χ1n) is 5.42. The van der Waals surface area contributed by atoms with Crippen LogP contribution in [0.25, 0.3) is 11.6 Å². The third kappa shape index (κ3) is 1.72. The smallest absolute Gasteiger partial charge is 0.221 e. The van der Waals surface area contributed by atoms with Gasteiger partial charge in [0.1, 0.15) is 0 Å². The predicted molar refractivity (Wildman–Crippen MR) is 76.1 cm³/mol. The van der Waals surface area contributed by atoms with Gasteiger partial charge in [-0.05, 0) is 39.6 Å². The number of carbonyl (C=O) groups is 1. The molecular weight excluding hydrogens is 314 g/mol. The van der Waals surface area contributed by atoms with Gasteiger partial charge in [-0.15, -0.1) is 0 Å². The van der Waals surface area contributed by atoms with E-state index in [-0.39, 0.29) is 5.91 Å². The molecule has 3 N–H and O–H groups in total.